The Bertz CT molecular complexity index is 7630. The fourth-order valence-corrected chi connectivity index (χ4v) is 17.6. The lowest BCUT2D eigenvalue weighted by Crippen LogP contribution is -1.96. The molecule has 0 N–H and O–H groups in total. The first-order valence-corrected chi connectivity index (χ1v) is 37.3. The van der Waals surface area contributed by atoms with Crippen molar-refractivity contribution in [1.29, 1.82) is 5.26 Å². The molecule has 7 heterocycles. The first-order valence-electron chi connectivity index (χ1n) is 37.3. The lowest BCUT2D eigenvalue weighted by atomic mass is 10.0. The van der Waals surface area contributed by atoms with Gasteiger partial charge in [-0.05, 0) is 158 Å². The predicted octanol–water partition coefficient (Wildman–Crippen LogP) is 25.6. The Labute approximate surface area is 631 Å². The van der Waals surface area contributed by atoms with Crippen molar-refractivity contribution in [3.05, 3.63) is 388 Å². The van der Waals surface area contributed by atoms with Crippen molar-refractivity contribution >= 4 is 131 Å². The van der Waals surface area contributed by atoms with Gasteiger partial charge in [-0.2, -0.15) is 5.26 Å². The second-order valence-electron chi connectivity index (χ2n) is 28.3. The van der Waals surface area contributed by atoms with Crippen LogP contribution in [0.4, 0.5) is 0 Å². The van der Waals surface area contributed by atoms with Crippen LogP contribution >= 0.6 is 0 Å². The van der Waals surface area contributed by atoms with Crippen LogP contribution in [-0.2, 0) is 0 Å². The fraction of sp³-hybridized carbons (Fsp3) is 0. The van der Waals surface area contributed by atoms with Crippen LogP contribution in [0.2, 0.25) is 0 Å². The van der Waals surface area contributed by atoms with Gasteiger partial charge in [0.05, 0.1) is 89.2 Å². The van der Waals surface area contributed by atoms with Crippen molar-refractivity contribution in [3.8, 4) is 74.1 Å². The standard InChI is InChI=1S/C58H37N5.C43H26N4/c1-5-17-38(18-6-1)49-37-50(60-58(59-49)39-19-7-2-8-20-39)40-29-32-53-47(35-40)48-36-43(30-33-54(48)61(53)41-21-9-3-10-22-41)62-52-28-16-14-26-46(52)56-55(62)34-31-45-44-25-13-15-27-51(44)63(57(45)56)42-23-11-4-12-24-42;44-27-28-19-22-39-35(25-28)36-26-31(20-23-40(36)45(39)29-11-3-1-4-12-29)46-38-18-10-8-16-34(38)42-41(46)24-21-33-32-15-7-9-17-37(32)47(43(33)42)30-13-5-2-6-14-30/h1-37H;1-26H. The molecule has 110 heavy (non-hydrogen) atoms. The molecule has 0 aliphatic heterocycles. The first-order chi connectivity index (χ1) is 54.6. The Balaban J connectivity index is 0.000000142. The van der Waals surface area contributed by atoms with Crippen LogP contribution in [0, 0.1) is 11.3 Å². The number of fused-ring (bicyclic) bond motifs is 20. The monoisotopic (exact) mass is 1400 g/mol. The molecule has 0 radical (unpaired) electrons. The molecule has 0 unspecified atom stereocenters. The molecule has 7 aromatic heterocycles. The van der Waals surface area contributed by atoms with Gasteiger partial charge in [0.15, 0.2) is 5.82 Å². The van der Waals surface area contributed by atoms with Crippen molar-refractivity contribution in [2.75, 3.05) is 0 Å². The Morgan fingerprint density at radius 2 is 0.518 bits per heavy atom. The number of nitrogens with zero attached hydrogens (tertiary/aromatic N) is 9. The van der Waals surface area contributed by atoms with Gasteiger partial charge in [-0.3, -0.25) is 0 Å². The van der Waals surface area contributed by atoms with Crippen LogP contribution in [0.15, 0.2) is 382 Å². The molecular formula is C101H63N9. The summed E-state index contributed by atoms with van der Waals surface area (Å²) in [5.74, 6) is 0.702. The van der Waals surface area contributed by atoms with Crippen LogP contribution in [0.3, 0.4) is 0 Å². The summed E-state index contributed by atoms with van der Waals surface area (Å²) in [4.78, 5) is 10.3. The summed E-state index contributed by atoms with van der Waals surface area (Å²) in [6, 6.07) is 138. The minimum absolute atomic E-state index is 0.656. The van der Waals surface area contributed by atoms with E-state index in [1.54, 1.807) is 0 Å². The average molecular weight is 1400 g/mol. The third-order valence-electron chi connectivity index (χ3n) is 22.3. The number of nitriles is 1. The molecule has 0 spiro atoms. The molecule has 0 atom stereocenters. The summed E-state index contributed by atoms with van der Waals surface area (Å²) in [6.45, 7) is 0. The third-order valence-corrected chi connectivity index (χ3v) is 22.3. The van der Waals surface area contributed by atoms with Gasteiger partial charge in [0.25, 0.3) is 0 Å². The molecule has 16 aromatic carbocycles. The summed E-state index contributed by atoms with van der Waals surface area (Å²) < 4.78 is 14.4. The Morgan fingerprint density at radius 1 is 0.200 bits per heavy atom. The average Bonchev–Trinajstić information content (AvgIpc) is 1.50. The van der Waals surface area contributed by atoms with E-state index in [2.05, 4.69) is 373 Å². The van der Waals surface area contributed by atoms with Crippen LogP contribution in [0.1, 0.15) is 5.56 Å². The molecule has 23 rings (SSSR count). The van der Waals surface area contributed by atoms with Crippen molar-refractivity contribution < 1.29 is 0 Å². The Kier molecular flexibility index (Phi) is 14.2. The Hall–Kier alpha value is -15.1. The van der Waals surface area contributed by atoms with E-state index in [1.165, 1.54) is 81.6 Å². The number of aromatic nitrogens is 8. The van der Waals surface area contributed by atoms with Crippen molar-refractivity contribution in [2.45, 2.75) is 0 Å². The van der Waals surface area contributed by atoms with E-state index in [9.17, 15) is 5.26 Å². The maximum Gasteiger partial charge on any atom is 0.160 e. The van der Waals surface area contributed by atoms with E-state index < -0.39 is 0 Å². The lowest BCUT2D eigenvalue weighted by molar-refractivity contribution is 1.16. The second-order valence-corrected chi connectivity index (χ2v) is 28.3. The van der Waals surface area contributed by atoms with Gasteiger partial charge >= 0.3 is 0 Å². The molecule has 0 amide bonds. The van der Waals surface area contributed by atoms with Gasteiger partial charge in [-0.25, -0.2) is 9.97 Å². The zero-order chi connectivity index (χ0) is 72.5. The number of rotatable bonds is 9. The lowest BCUT2D eigenvalue weighted by Gasteiger charge is -2.11. The molecule has 512 valence electrons. The molecule has 0 saturated carbocycles. The van der Waals surface area contributed by atoms with Crippen molar-refractivity contribution in [3.63, 3.8) is 0 Å². The SMILES string of the molecule is N#Cc1ccc2c(c1)c1cc(-n3c4ccccc4c4c3ccc3c5ccccc5n(-c5ccccc5)c34)ccc1n2-c1ccccc1.c1ccc(-c2cc(-c3ccc4c(c3)c3cc(-n5c6ccccc6c6c5ccc5c7ccccc7n(-c7ccccc7)c56)ccc3n4-c3ccccc3)nc(-c3ccccc3)n2)cc1. The van der Waals surface area contributed by atoms with Gasteiger partial charge in [0.2, 0.25) is 0 Å². The summed E-state index contributed by atoms with van der Waals surface area (Å²) in [5.41, 5.74) is 26.1. The largest absolute Gasteiger partial charge is 0.309 e. The van der Waals surface area contributed by atoms with E-state index in [0.717, 1.165) is 111 Å². The van der Waals surface area contributed by atoms with E-state index in [1.807, 2.05) is 42.5 Å². The van der Waals surface area contributed by atoms with Crippen LogP contribution < -0.4 is 0 Å². The molecule has 0 fully saturated rings. The predicted molar refractivity (Wildman–Crippen MR) is 456 cm³/mol. The van der Waals surface area contributed by atoms with E-state index in [0.29, 0.717) is 11.4 Å². The highest BCUT2D eigenvalue weighted by atomic mass is 15.0. The van der Waals surface area contributed by atoms with E-state index in [4.69, 9.17) is 9.97 Å². The highest BCUT2D eigenvalue weighted by Gasteiger charge is 2.26. The minimum Gasteiger partial charge on any atom is -0.309 e. The van der Waals surface area contributed by atoms with Gasteiger partial charge < -0.3 is 27.4 Å². The Morgan fingerprint density at radius 3 is 0.964 bits per heavy atom. The number of hydrogen-bond acceptors (Lipinski definition) is 3. The molecule has 0 bridgehead atoms. The highest BCUT2D eigenvalue weighted by Crippen LogP contribution is 2.47. The minimum atomic E-state index is 0.656. The van der Waals surface area contributed by atoms with Gasteiger partial charge in [0, 0.05) is 115 Å². The molecule has 23 aromatic rings. The molecule has 9 heteroatoms. The fourth-order valence-electron chi connectivity index (χ4n) is 17.6. The maximum absolute atomic E-state index is 9.82. The maximum atomic E-state index is 9.82. The third kappa shape index (κ3) is 9.66. The van der Waals surface area contributed by atoms with Gasteiger partial charge in [0.1, 0.15) is 0 Å². The van der Waals surface area contributed by atoms with Crippen LogP contribution in [-0.4, -0.2) is 37.4 Å². The summed E-state index contributed by atoms with van der Waals surface area (Å²) in [5, 5.41) is 24.2. The van der Waals surface area contributed by atoms with E-state index >= 15 is 0 Å². The van der Waals surface area contributed by atoms with Crippen LogP contribution in [0.5, 0.6) is 0 Å². The normalized spacial score (nSPS) is 11.8. The summed E-state index contributed by atoms with van der Waals surface area (Å²) >= 11 is 0. The topological polar surface area (TPSA) is 79.1 Å². The summed E-state index contributed by atoms with van der Waals surface area (Å²) in [6.07, 6.45) is 0. The molecule has 0 saturated heterocycles. The van der Waals surface area contributed by atoms with Crippen LogP contribution in [0.25, 0.3) is 199 Å². The molecular weight excluding hydrogens is 1340 g/mol. The summed E-state index contributed by atoms with van der Waals surface area (Å²) in [7, 11) is 0. The van der Waals surface area contributed by atoms with Crippen molar-refractivity contribution in [2.24, 2.45) is 0 Å². The highest BCUT2D eigenvalue weighted by molar-refractivity contribution is 6.28. The smallest absolute Gasteiger partial charge is 0.160 e. The van der Waals surface area contributed by atoms with Gasteiger partial charge in [-0.15, -0.1) is 0 Å². The number of para-hydroxylation sites is 8. The molecule has 0 aliphatic carbocycles. The molecule has 9 nitrogen and oxygen atoms in total. The quantitative estimate of drug-likeness (QED) is 0.144. The number of hydrogen-bond donors (Lipinski definition) is 0. The molecule has 0 aliphatic rings. The number of benzene rings is 16. The first kappa shape index (κ1) is 62.3. The second kappa shape index (κ2) is 25.0. The van der Waals surface area contributed by atoms with Gasteiger partial charge in [-0.1, -0.05) is 224 Å². The zero-order valence-corrected chi connectivity index (χ0v) is 59.4. The zero-order valence-electron chi connectivity index (χ0n) is 59.4. The van der Waals surface area contributed by atoms with Crippen molar-refractivity contribution in [1.82, 2.24) is 37.4 Å². The van der Waals surface area contributed by atoms with E-state index in [-0.39, 0.29) is 0 Å².